The number of aromatic nitrogens is 4. The van der Waals surface area contributed by atoms with Crippen molar-refractivity contribution < 1.29 is 0 Å². The zero-order valence-corrected chi connectivity index (χ0v) is 29.3. The van der Waals surface area contributed by atoms with E-state index in [1.165, 1.54) is 22.3 Å². The average Bonchev–Trinajstić information content (AvgIpc) is 3.25. The van der Waals surface area contributed by atoms with Gasteiger partial charge in [0.05, 0.1) is 22.4 Å². The second-order valence-corrected chi connectivity index (χ2v) is 14.2. The number of para-hydroxylation sites is 2. The Morgan fingerprint density at radius 2 is 0.981 bits per heavy atom. The molecule has 0 radical (unpaired) electrons. The number of rotatable bonds is 5. The van der Waals surface area contributed by atoms with Crippen molar-refractivity contribution in [1.82, 2.24) is 19.9 Å². The van der Waals surface area contributed by atoms with Gasteiger partial charge in [0.1, 0.15) is 0 Å². The van der Waals surface area contributed by atoms with Gasteiger partial charge in [-0.1, -0.05) is 152 Å². The Labute approximate surface area is 313 Å². The van der Waals surface area contributed by atoms with E-state index >= 15 is 0 Å². The van der Waals surface area contributed by atoms with Gasteiger partial charge in [-0.25, -0.2) is 9.97 Å². The van der Waals surface area contributed by atoms with Gasteiger partial charge >= 0.3 is 0 Å². The van der Waals surface area contributed by atoms with Crippen LogP contribution in [0.25, 0.3) is 72.3 Å². The van der Waals surface area contributed by atoms with Crippen molar-refractivity contribution in [3.05, 3.63) is 210 Å². The monoisotopic (exact) mass is 688 g/mol. The zero-order valence-electron chi connectivity index (χ0n) is 29.3. The molecule has 4 aliphatic rings. The Bertz CT molecular complexity index is 2770. The largest absolute Gasteiger partial charge is 0.256 e. The van der Waals surface area contributed by atoms with Crippen LogP contribution >= 0.6 is 0 Å². The van der Waals surface area contributed by atoms with E-state index in [2.05, 4.69) is 158 Å². The molecule has 0 N–H and O–H groups in total. The molecule has 0 bridgehead atoms. The summed E-state index contributed by atoms with van der Waals surface area (Å²) in [5.74, 6) is 1.28. The average molecular weight is 689 g/mol. The lowest BCUT2D eigenvalue weighted by atomic mass is 9.63. The number of benzene rings is 4. The molecule has 4 heteroatoms. The molecule has 2 atom stereocenters. The minimum Gasteiger partial charge on any atom is -0.256 e. The van der Waals surface area contributed by atoms with Crippen LogP contribution in [-0.2, 0) is 0 Å². The summed E-state index contributed by atoms with van der Waals surface area (Å²) in [6.45, 7) is 0. The fourth-order valence-electron chi connectivity index (χ4n) is 8.59. The quantitative estimate of drug-likeness (QED) is 0.181. The molecule has 3 heterocycles. The number of allylic oxidation sites excluding steroid dienone is 14. The van der Waals surface area contributed by atoms with Crippen molar-refractivity contribution in [2.45, 2.75) is 0 Å². The molecule has 54 heavy (non-hydrogen) atoms. The number of fused-ring (bicyclic) bond motifs is 2. The van der Waals surface area contributed by atoms with Gasteiger partial charge in [-0.05, 0) is 51.6 Å². The van der Waals surface area contributed by atoms with Gasteiger partial charge in [-0.2, -0.15) is 0 Å². The third kappa shape index (κ3) is 4.99. The Balaban J connectivity index is 1.04. The summed E-state index contributed by atoms with van der Waals surface area (Å²) in [5.41, 5.74) is 16.8. The summed E-state index contributed by atoms with van der Waals surface area (Å²) >= 11 is 0. The van der Waals surface area contributed by atoms with Crippen LogP contribution < -0.4 is 0 Å². The molecule has 4 aliphatic carbocycles. The van der Waals surface area contributed by atoms with E-state index in [1.54, 1.807) is 0 Å². The predicted octanol–water partition coefficient (Wildman–Crippen LogP) is 11.7. The Morgan fingerprint density at radius 1 is 0.426 bits per heavy atom. The molecule has 7 aromatic rings. The predicted molar refractivity (Wildman–Crippen MR) is 220 cm³/mol. The van der Waals surface area contributed by atoms with Crippen molar-refractivity contribution in [3.8, 4) is 44.9 Å². The van der Waals surface area contributed by atoms with Crippen molar-refractivity contribution in [1.29, 1.82) is 0 Å². The van der Waals surface area contributed by atoms with Crippen LogP contribution in [0.4, 0.5) is 0 Å². The molecule has 11 rings (SSSR count). The highest BCUT2D eigenvalue weighted by molar-refractivity contribution is 5.95. The summed E-state index contributed by atoms with van der Waals surface area (Å²) < 4.78 is 0. The lowest BCUT2D eigenvalue weighted by Gasteiger charge is -2.40. The molecule has 3 aromatic heterocycles. The molecule has 0 amide bonds. The number of pyridine rings is 2. The van der Waals surface area contributed by atoms with Gasteiger partial charge in [0.25, 0.3) is 0 Å². The van der Waals surface area contributed by atoms with Crippen molar-refractivity contribution in [2.24, 2.45) is 11.8 Å². The van der Waals surface area contributed by atoms with Crippen molar-refractivity contribution in [2.75, 3.05) is 0 Å². The third-order valence-corrected chi connectivity index (χ3v) is 11.2. The first-order valence-corrected chi connectivity index (χ1v) is 18.4. The van der Waals surface area contributed by atoms with E-state index in [0.29, 0.717) is 11.7 Å². The lowest BCUT2D eigenvalue weighted by Crippen LogP contribution is -2.29. The second-order valence-electron chi connectivity index (χ2n) is 14.2. The van der Waals surface area contributed by atoms with Crippen LogP contribution in [0.3, 0.4) is 0 Å². The summed E-state index contributed by atoms with van der Waals surface area (Å²) in [6, 6.07) is 40.3. The molecule has 4 aromatic carbocycles. The van der Waals surface area contributed by atoms with E-state index < -0.39 is 0 Å². The first kappa shape index (κ1) is 30.6. The highest BCUT2D eigenvalue weighted by Crippen LogP contribution is 2.51. The molecule has 252 valence electrons. The number of hydrogen-bond acceptors (Lipinski definition) is 4. The van der Waals surface area contributed by atoms with Crippen LogP contribution in [0.1, 0.15) is 5.69 Å². The maximum Gasteiger partial charge on any atom is 0.160 e. The fourth-order valence-corrected chi connectivity index (χ4v) is 8.59. The maximum absolute atomic E-state index is 5.32. The molecule has 0 aliphatic heterocycles. The number of nitrogens with zero attached hydrogens (tertiary/aromatic N) is 4. The molecule has 2 unspecified atom stereocenters. The zero-order chi connectivity index (χ0) is 35.6. The summed E-state index contributed by atoms with van der Waals surface area (Å²) in [4.78, 5) is 20.0. The molecule has 0 saturated carbocycles. The lowest BCUT2D eigenvalue weighted by molar-refractivity contribution is 0.566. The van der Waals surface area contributed by atoms with Crippen LogP contribution in [0.15, 0.2) is 205 Å². The van der Waals surface area contributed by atoms with Crippen LogP contribution in [0.2, 0.25) is 0 Å². The summed E-state index contributed by atoms with van der Waals surface area (Å²) in [7, 11) is 0. The smallest absolute Gasteiger partial charge is 0.160 e. The van der Waals surface area contributed by atoms with Gasteiger partial charge in [0, 0.05) is 62.8 Å². The third-order valence-electron chi connectivity index (χ3n) is 11.2. The maximum atomic E-state index is 5.32. The highest BCUT2D eigenvalue weighted by atomic mass is 14.9. The fraction of sp³-hybridized carbons (Fsp3) is 0.0400. The van der Waals surface area contributed by atoms with Crippen molar-refractivity contribution >= 4 is 27.4 Å². The summed E-state index contributed by atoms with van der Waals surface area (Å²) in [5, 5.41) is 2.25. The molecule has 0 spiro atoms. The normalized spacial score (nSPS) is 18.0. The van der Waals surface area contributed by atoms with Gasteiger partial charge in [0.2, 0.25) is 0 Å². The van der Waals surface area contributed by atoms with Gasteiger partial charge in [-0.3, -0.25) is 9.97 Å². The minimum absolute atomic E-state index is 0.259. The highest BCUT2D eigenvalue weighted by Gasteiger charge is 2.38. The molecule has 0 saturated heterocycles. The van der Waals surface area contributed by atoms with Crippen molar-refractivity contribution in [3.63, 3.8) is 0 Å². The summed E-state index contributed by atoms with van der Waals surface area (Å²) in [6.07, 6.45) is 24.1. The SMILES string of the molecule is C1=CC2=CC=C3C=CC(c4cc(-c5ccc(-c6cccc7cccnc67)cc5)nc(-c5ccc(-c6cccc7cccnc67)cc5)n4)=C4C=CC(=C1)C2C34. The van der Waals surface area contributed by atoms with E-state index in [-0.39, 0.29) is 5.92 Å². The first-order chi connectivity index (χ1) is 26.7. The molecule has 0 fully saturated rings. The Morgan fingerprint density at radius 3 is 1.67 bits per heavy atom. The number of hydrogen-bond donors (Lipinski definition) is 0. The first-order valence-electron chi connectivity index (χ1n) is 18.4. The topological polar surface area (TPSA) is 51.6 Å². The Hall–Kier alpha value is -7.04. The minimum atomic E-state index is 0.259. The second kappa shape index (κ2) is 12.3. The van der Waals surface area contributed by atoms with Crippen LogP contribution in [-0.4, -0.2) is 19.9 Å². The van der Waals surface area contributed by atoms with Crippen LogP contribution in [0, 0.1) is 11.8 Å². The van der Waals surface area contributed by atoms with E-state index in [1.807, 2.05) is 24.5 Å². The molecule has 4 nitrogen and oxygen atoms in total. The Kier molecular flexibility index (Phi) is 6.96. The molecular weight excluding hydrogens is 657 g/mol. The van der Waals surface area contributed by atoms with E-state index in [4.69, 9.17) is 19.9 Å². The van der Waals surface area contributed by atoms with E-state index in [0.717, 1.165) is 72.1 Å². The van der Waals surface area contributed by atoms with Gasteiger partial charge in [0.15, 0.2) is 5.82 Å². The van der Waals surface area contributed by atoms with E-state index in [9.17, 15) is 0 Å². The molecular formula is C50H32N4. The van der Waals surface area contributed by atoms with Gasteiger partial charge in [-0.15, -0.1) is 0 Å². The van der Waals surface area contributed by atoms with Gasteiger partial charge < -0.3 is 0 Å². The standard InChI is InChI=1S/C50H32N4/c1-6-34-20-21-36-24-26-42(43-27-25-35(7-1)46(34)47(36)43)45-30-44(33-18-14-31(15-19-33)40-12-2-8-37-10-4-28-51-48(37)40)53-50(54-45)39-22-16-32(17-23-39)41-13-3-9-38-11-5-29-52-49(38)41/h1-30,46-47H. The van der Waals surface area contributed by atoms with Crippen LogP contribution in [0.5, 0.6) is 0 Å².